The molecule has 0 radical (unpaired) electrons. The van der Waals surface area contributed by atoms with E-state index >= 15 is 0 Å². The van der Waals surface area contributed by atoms with E-state index in [2.05, 4.69) is 5.32 Å². The van der Waals surface area contributed by atoms with E-state index in [1.165, 1.54) is 24.3 Å². The summed E-state index contributed by atoms with van der Waals surface area (Å²) in [5, 5.41) is 13.8. The lowest BCUT2D eigenvalue weighted by Gasteiger charge is -2.24. The van der Waals surface area contributed by atoms with E-state index in [-0.39, 0.29) is 0 Å². The molecule has 0 bridgehead atoms. The molecular formula is C13H15ClNO4-. The molecule has 0 unspecified atom stereocenters. The van der Waals surface area contributed by atoms with Gasteiger partial charge < -0.3 is 20.0 Å². The van der Waals surface area contributed by atoms with E-state index in [1.54, 1.807) is 20.8 Å². The number of nitrogens with one attached hydrogen (secondary N) is 1. The van der Waals surface area contributed by atoms with Crippen LogP contribution in [-0.4, -0.2) is 17.7 Å². The van der Waals surface area contributed by atoms with Gasteiger partial charge in [0, 0.05) is 5.02 Å². The van der Waals surface area contributed by atoms with Gasteiger partial charge in [-0.25, -0.2) is 4.79 Å². The normalized spacial score (nSPS) is 12.6. The molecule has 5 nitrogen and oxygen atoms in total. The zero-order chi connectivity index (χ0) is 14.6. The number of carbonyl (C=O) groups excluding carboxylic acids is 2. The summed E-state index contributed by atoms with van der Waals surface area (Å²) in [5.41, 5.74) is -0.351. The number of hydrogen-bond acceptors (Lipinski definition) is 4. The number of alkyl carbamates (subject to hydrolysis) is 1. The van der Waals surface area contributed by atoms with Crippen molar-refractivity contribution in [1.82, 2.24) is 5.32 Å². The minimum Gasteiger partial charge on any atom is -0.548 e. The Morgan fingerprint density at radius 1 is 1.26 bits per heavy atom. The summed E-state index contributed by atoms with van der Waals surface area (Å²) < 4.78 is 5.00. The van der Waals surface area contributed by atoms with Gasteiger partial charge in [-0.1, -0.05) is 23.7 Å². The van der Waals surface area contributed by atoms with Crippen molar-refractivity contribution < 1.29 is 19.4 Å². The highest BCUT2D eigenvalue weighted by Crippen LogP contribution is 2.17. The maximum Gasteiger partial charge on any atom is 0.408 e. The largest absolute Gasteiger partial charge is 0.548 e. The first-order chi connectivity index (χ1) is 8.69. The number of halogens is 1. The van der Waals surface area contributed by atoms with E-state index in [9.17, 15) is 14.7 Å². The van der Waals surface area contributed by atoms with E-state index in [4.69, 9.17) is 16.3 Å². The standard InChI is InChI=1S/C13H16ClNO4/c1-13(2,3)19-12(18)15-10(11(16)17)8-4-6-9(14)7-5-8/h4-7,10H,1-3H3,(H,15,18)(H,16,17)/p-1/t10-/m1/s1. The maximum atomic E-state index is 11.6. The third-order valence-electron chi connectivity index (χ3n) is 2.10. The van der Waals surface area contributed by atoms with Gasteiger partial charge in [0.1, 0.15) is 5.60 Å². The molecule has 0 aliphatic carbocycles. The molecule has 1 rings (SSSR count). The Kier molecular flexibility index (Phi) is 4.78. The summed E-state index contributed by atoms with van der Waals surface area (Å²) in [6, 6.07) is 4.78. The fourth-order valence-electron chi connectivity index (χ4n) is 1.36. The molecule has 1 N–H and O–H groups in total. The molecule has 0 heterocycles. The number of ether oxygens (including phenoxy) is 1. The van der Waals surface area contributed by atoms with Crippen molar-refractivity contribution in [2.45, 2.75) is 32.4 Å². The van der Waals surface area contributed by atoms with Gasteiger partial charge in [-0.15, -0.1) is 0 Å². The second kappa shape index (κ2) is 5.93. The molecule has 0 fully saturated rings. The molecule has 0 saturated carbocycles. The molecule has 104 valence electrons. The second-order valence-electron chi connectivity index (χ2n) is 4.95. The van der Waals surface area contributed by atoms with Crippen LogP contribution in [0.4, 0.5) is 4.79 Å². The molecule has 0 saturated heterocycles. The van der Waals surface area contributed by atoms with Gasteiger partial charge >= 0.3 is 6.09 Å². The van der Waals surface area contributed by atoms with Crippen molar-refractivity contribution in [2.24, 2.45) is 0 Å². The van der Waals surface area contributed by atoms with Gasteiger partial charge in [-0.05, 0) is 38.5 Å². The van der Waals surface area contributed by atoms with Crippen molar-refractivity contribution in [1.29, 1.82) is 0 Å². The van der Waals surface area contributed by atoms with Crippen LogP contribution in [0, 0.1) is 0 Å². The fraction of sp³-hybridized carbons (Fsp3) is 0.385. The van der Waals surface area contributed by atoms with Gasteiger partial charge in [0.05, 0.1) is 12.0 Å². The van der Waals surface area contributed by atoms with Crippen LogP contribution in [0.15, 0.2) is 24.3 Å². The topological polar surface area (TPSA) is 78.5 Å². The van der Waals surface area contributed by atoms with Crippen LogP contribution in [0.1, 0.15) is 32.4 Å². The Morgan fingerprint density at radius 2 is 1.79 bits per heavy atom. The van der Waals surface area contributed by atoms with Gasteiger partial charge in [0.2, 0.25) is 0 Å². The SMILES string of the molecule is CC(C)(C)OC(=O)N[C@@H](C(=O)[O-])c1ccc(Cl)cc1. The predicted molar refractivity (Wildman–Crippen MR) is 68.6 cm³/mol. The highest BCUT2D eigenvalue weighted by molar-refractivity contribution is 6.30. The molecule has 1 aromatic rings. The summed E-state index contributed by atoms with van der Waals surface area (Å²) in [4.78, 5) is 22.6. The van der Waals surface area contributed by atoms with Crippen LogP contribution in [0.5, 0.6) is 0 Å². The number of hydrogen-bond donors (Lipinski definition) is 1. The van der Waals surface area contributed by atoms with Crippen molar-refractivity contribution in [3.63, 3.8) is 0 Å². The molecule has 0 spiro atoms. The van der Waals surface area contributed by atoms with Crippen molar-refractivity contribution in [2.75, 3.05) is 0 Å². The van der Waals surface area contributed by atoms with Gasteiger partial charge in [0.25, 0.3) is 0 Å². The summed E-state index contributed by atoms with van der Waals surface area (Å²) in [7, 11) is 0. The summed E-state index contributed by atoms with van der Waals surface area (Å²) in [5.74, 6) is -1.42. The lowest BCUT2D eigenvalue weighted by atomic mass is 10.1. The Labute approximate surface area is 116 Å². The number of carboxylic acids is 1. The van der Waals surface area contributed by atoms with Crippen molar-refractivity contribution in [3.05, 3.63) is 34.9 Å². The Hall–Kier alpha value is -1.75. The highest BCUT2D eigenvalue weighted by atomic mass is 35.5. The quantitative estimate of drug-likeness (QED) is 0.915. The van der Waals surface area contributed by atoms with Crippen molar-refractivity contribution >= 4 is 23.7 Å². The second-order valence-corrected chi connectivity index (χ2v) is 5.39. The van der Waals surface area contributed by atoms with Crippen LogP contribution < -0.4 is 10.4 Å². The zero-order valence-corrected chi connectivity index (χ0v) is 11.7. The highest BCUT2D eigenvalue weighted by Gasteiger charge is 2.21. The molecule has 19 heavy (non-hydrogen) atoms. The van der Waals surface area contributed by atoms with Gasteiger partial charge in [-0.2, -0.15) is 0 Å². The van der Waals surface area contributed by atoms with E-state index < -0.39 is 23.7 Å². The number of aliphatic carboxylic acids is 1. The van der Waals surface area contributed by atoms with Crippen LogP contribution in [-0.2, 0) is 9.53 Å². The maximum absolute atomic E-state index is 11.6. The number of carboxylic acid groups (broad SMARTS) is 1. The third-order valence-corrected chi connectivity index (χ3v) is 2.35. The Morgan fingerprint density at radius 3 is 2.21 bits per heavy atom. The smallest absolute Gasteiger partial charge is 0.408 e. The first kappa shape index (κ1) is 15.3. The molecule has 6 heteroatoms. The average Bonchev–Trinajstić information content (AvgIpc) is 2.24. The number of benzene rings is 1. The number of carbonyl (C=O) groups is 2. The van der Waals surface area contributed by atoms with Crippen LogP contribution in [0.3, 0.4) is 0 Å². The van der Waals surface area contributed by atoms with Crippen LogP contribution in [0.25, 0.3) is 0 Å². The van der Waals surface area contributed by atoms with E-state index in [1.807, 2.05) is 0 Å². The Balaban J connectivity index is 2.82. The Bertz CT molecular complexity index is 465. The molecule has 0 aliphatic heterocycles. The number of amides is 1. The predicted octanol–water partition coefficient (Wildman–Crippen LogP) is 1.66. The minimum atomic E-state index is -1.42. The molecule has 1 amide bonds. The van der Waals surface area contributed by atoms with Gasteiger partial charge in [-0.3, -0.25) is 0 Å². The summed E-state index contributed by atoms with van der Waals surface area (Å²) >= 11 is 5.71. The molecule has 1 atom stereocenters. The first-order valence-electron chi connectivity index (χ1n) is 5.65. The summed E-state index contributed by atoms with van der Waals surface area (Å²) in [6.07, 6.45) is -0.823. The van der Waals surface area contributed by atoms with E-state index in [0.29, 0.717) is 10.6 Å². The molecule has 0 aliphatic rings. The minimum absolute atomic E-state index is 0.357. The van der Waals surface area contributed by atoms with Crippen molar-refractivity contribution in [3.8, 4) is 0 Å². The zero-order valence-electron chi connectivity index (χ0n) is 10.9. The molecule has 0 aromatic heterocycles. The first-order valence-corrected chi connectivity index (χ1v) is 6.02. The fourth-order valence-corrected chi connectivity index (χ4v) is 1.48. The molecular weight excluding hydrogens is 270 g/mol. The average molecular weight is 285 g/mol. The molecule has 1 aromatic carbocycles. The monoisotopic (exact) mass is 284 g/mol. The third kappa shape index (κ3) is 5.18. The number of rotatable bonds is 3. The lowest BCUT2D eigenvalue weighted by molar-refractivity contribution is -0.308. The van der Waals surface area contributed by atoms with Crippen LogP contribution >= 0.6 is 11.6 Å². The van der Waals surface area contributed by atoms with Crippen LogP contribution in [0.2, 0.25) is 5.02 Å². The lowest BCUT2D eigenvalue weighted by Crippen LogP contribution is -2.43. The van der Waals surface area contributed by atoms with E-state index in [0.717, 1.165) is 0 Å². The summed E-state index contributed by atoms with van der Waals surface area (Å²) in [6.45, 7) is 5.05. The van der Waals surface area contributed by atoms with Gasteiger partial charge in [0.15, 0.2) is 0 Å².